The number of aromatic amines is 1. The molecule has 1 atom stereocenters. The van der Waals surface area contributed by atoms with Crippen LogP contribution < -0.4 is 5.56 Å². The number of hydrogen-bond donors (Lipinski definition) is 1. The van der Waals surface area contributed by atoms with Crippen LogP contribution in [0.4, 0.5) is 0 Å². The predicted molar refractivity (Wildman–Crippen MR) is 91.9 cm³/mol. The molecule has 3 heterocycles. The Kier molecular flexibility index (Phi) is 4.55. The van der Waals surface area contributed by atoms with E-state index in [0.29, 0.717) is 18.8 Å². The van der Waals surface area contributed by atoms with Crippen LogP contribution in [0, 0.1) is 0 Å². The summed E-state index contributed by atoms with van der Waals surface area (Å²) in [5.41, 5.74) is -0.584. The summed E-state index contributed by atoms with van der Waals surface area (Å²) >= 11 is 1.44. The Hall–Kier alpha value is -2.00. The Bertz CT molecular complexity index is 903. The van der Waals surface area contributed by atoms with E-state index in [9.17, 15) is 18.0 Å². The van der Waals surface area contributed by atoms with Crippen molar-refractivity contribution in [2.75, 3.05) is 18.1 Å². The van der Waals surface area contributed by atoms with E-state index in [1.54, 1.807) is 6.92 Å². The summed E-state index contributed by atoms with van der Waals surface area (Å²) in [6.45, 7) is 2.11. The average molecular weight is 367 g/mol. The zero-order valence-electron chi connectivity index (χ0n) is 13.1. The Balaban J connectivity index is 1.87. The van der Waals surface area contributed by atoms with Crippen molar-refractivity contribution in [3.8, 4) is 10.7 Å². The molecule has 3 rings (SSSR count). The fourth-order valence-electron chi connectivity index (χ4n) is 2.83. The second kappa shape index (κ2) is 6.48. The molecule has 2 aromatic heterocycles. The van der Waals surface area contributed by atoms with Gasteiger partial charge in [-0.25, -0.2) is 13.4 Å². The zero-order chi connectivity index (χ0) is 17.3. The number of carbonyl (C=O) groups excluding carboxylic acids is 1. The van der Waals surface area contributed by atoms with Crippen LogP contribution in [-0.4, -0.2) is 53.3 Å². The number of carbonyl (C=O) groups is 1. The van der Waals surface area contributed by atoms with Crippen LogP contribution in [0.15, 0.2) is 28.5 Å². The molecule has 0 aliphatic carbocycles. The first kappa shape index (κ1) is 16.8. The molecule has 0 saturated carbocycles. The maximum absolute atomic E-state index is 12.7. The molecule has 24 heavy (non-hydrogen) atoms. The molecule has 128 valence electrons. The third-order valence-corrected chi connectivity index (χ3v) is 6.66. The Morgan fingerprint density at radius 2 is 2.29 bits per heavy atom. The maximum atomic E-state index is 12.7. The van der Waals surface area contributed by atoms with Crippen molar-refractivity contribution in [1.29, 1.82) is 0 Å². The summed E-state index contributed by atoms with van der Waals surface area (Å²) in [6, 6.07) is 3.29. The van der Waals surface area contributed by atoms with E-state index in [1.165, 1.54) is 22.4 Å². The van der Waals surface area contributed by atoms with Crippen LogP contribution in [0.5, 0.6) is 0 Å². The van der Waals surface area contributed by atoms with Crippen LogP contribution in [0.2, 0.25) is 0 Å². The standard InChI is InChI=1S/C15H17N3O4S2/c1-2-18(10-5-7-24(21,22)9-10)15(20)11-8-16-13(17-14(11)19)12-4-3-6-23-12/h3-4,6,8,10H,2,5,7,9H2,1H3,(H,16,17,19)/t10-/m0/s1. The lowest BCUT2D eigenvalue weighted by Crippen LogP contribution is -2.43. The number of aromatic nitrogens is 2. The first-order valence-corrected chi connectivity index (χ1v) is 10.3. The van der Waals surface area contributed by atoms with Gasteiger partial charge in [-0.05, 0) is 24.8 Å². The molecule has 1 aliphatic heterocycles. The highest BCUT2D eigenvalue weighted by Crippen LogP contribution is 2.21. The number of rotatable bonds is 4. The fourth-order valence-corrected chi connectivity index (χ4v) is 5.24. The highest BCUT2D eigenvalue weighted by molar-refractivity contribution is 7.91. The Morgan fingerprint density at radius 1 is 1.50 bits per heavy atom. The molecule has 0 spiro atoms. The molecule has 1 saturated heterocycles. The molecule has 1 aliphatic rings. The molecule has 2 aromatic rings. The number of thiophene rings is 1. The van der Waals surface area contributed by atoms with E-state index in [1.807, 2.05) is 17.5 Å². The number of nitrogens with one attached hydrogen (secondary N) is 1. The van der Waals surface area contributed by atoms with Crippen molar-refractivity contribution in [3.63, 3.8) is 0 Å². The molecule has 9 heteroatoms. The quantitative estimate of drug-likeness (QED) is 0.874. The number of sulfone groups is 1. The summed E-state index contributed by atoms with van der Waals surface area (Å²) in [5, 5.41) is 1.87. The van der Waals surface area contributed by atoms with E-state index in [4.69, 9.17) is 0 Å². The minimum atomic E-state index is -3.11. The third kappa shape index (κ3) is 3.27. The van der Waals surface area contributed by atoms with Gasteiger partial charge in [-0.1, -0.05) is 6.07 Å². The predicted octanol–water partition coefficient (Wildman–Crippen LogP) is 1.15. The minimum absolute atomic E-state index is 0.0504. The number of hydrogen-bond acceptors (Lipinski definition) is 6. The lowest BCUT2D eigenvalue weighted by atomic mass is 10.2. The molecule has 1 fully saturated rings. The monoisotopic (exact) mass is 367 g/mol. The van der Waals surface area contributed by atoms with Gasteiger partial charge in [0.15, 0.2) is 9.84 Å². The van der Waals surface area contributed by atoms with Crippen molar-refractivity contribution < 1.29 is 13.2 Å². The van der Waals surface area contributed by atoms with Gasteiger partial charge in [0.1, 0.15) is 11.4 Å². The first-order chi connectivity index (χ1) is 11.4. The van der Waals surface area contributed by atoms with Gasteiger partial charge < -0.3 is 9.88 Å². The van der Waals surface area contributed by atoms with E-state index < -0.39 is 21.3 Å². The van der Waals surface area contributed by atoms with E-state index in [0.717, 1.165) is 4.88 Å². The molecular formula is C15H17N3O4S2. The van der Waals surface area contributed by atoms with Crippen molar-refractivity contribution in [1.82, 2.24) is 14.9 Å². The molecule has 1 amide bonds. The molecule has 0 bridgehead atoms. The van der Waals surface area contributed by atoms with Crippen molar-refractivity contribution in [2.24, 2.45) is 0 Å². The van der Waals surface area contributed by atoms with Crippen LogP contribution in [0.25, 0.3) is 10.7 Å². The van der Waals surface area contributed by atoms with Crippen LogP contribution in [-0.2, 0) is 9.84 Å². The van der Waals surface area contributed by atoms with Crippen LogP contribution in [0.3, 0.4) is 0 Å². The van der Waals surface area contributed by atoms with Crippen LogP contribution >= 0.6 is 11.3 Å². The van der Waals surface area contributed by atoms with Gasteiger partial charge in [-0.3, -0.25) is 9.59 Å². The van der Waals surface area contributed by atoms with Crippen LogP contribution in [0.1, 0.15) is 23.7 Å². The highest BCUT2D eigenvalue weighted by Gasteiger charge is 2.35. The summed E-state index contributed by atoms with van der Waals surface area (Å²) in [6.07, 6.45) is 1.67. The SMILES string of the molecule is CCN(C(=O)c1cnc(-c2cccs2)[nH]c1=O)[C@H]1CCS(=O)(=O)C1. The van der Waals surface area contributed by atoms with Crippen molar-refractivity contribution in [2.45, 2.75) is 19.4 Å². The minimum Gasteiger partial charge on any atom is -0.335 e. The summed E-state index contributed by atoms with van der Waals surface area (Å²) in [7, 11) is -3.11. The Labute approximate surface area is 143 Å². The van der Waals surface area contributed by atoms with Gasteiger partial charge in [0.05, 0.1) is 16.4 Å². The summed E-state index contributed by atoms with van der Waals surface area (Å²) < 4.78 is 23.3. The van der Waals surface area contributed by atoms with Gasteiger partial charge in [0, 0.05) is 18.8 Å². The summed E-state index contributed by atoms with van der Waals surface area (Å²) in [4.78, 5) is 34.0. The Morgan fingerprint density at radius 3 is 2.83 bits per heavy atom. The molecule has 0 aromatic carbocycles. The van der Waals surface area contributed by atoms with E-state index in [-0.39, 0.29) is 23.1 Å². The number of nitrogens with zero attached hydrogens (tertiary/aromatic N) is 2. The van der Waals surface area contributed by atoms with Gasteiger partial charge in [-0.15, -0.1) is 11.3 Å². The summed E-state index contributed by atoms with van der Waals surface area (Å²) in [5.74, 6) is -0.0393. The second-order valence-corrected chi connectivity index (χ2v) is 8.78. The topological polar surface area (TPSA) is 100 Å². The lowest BCUT2D eigenvalue weighted by molar-refractivity contribution is 0.0706. The van der Waals surface area contributed by atoms with Gasteiger partial charge >= 0.3 is 0 Å². The number of amides is 1. The highest BCUT2D eigenvalue weighted by atomic mass is 32.2. The van der Waals surface area contributed by atoms with Crippen molar-refractivity contribution >= 4 is 27.1 Å². The van der Waals surface area contributed by atoms with E-state index in [2.05, 4.69) is 9.97 Å². The molecule has 0 unspecified atom stereocenters. The largest absolute Gasteiger partial charge is 0.335 e. The zero-order valence-corrected chi connectivity index (χ0v) is 14.7. The molecule has 0 radical (unpaired) electrons. The van der Waals surface area contributed by atoms with Gasteiger partial charge in [-0.2, -0.15) is 0 Å². The lowest BCUT2D eigenvalue weighted by Gasteiger charge is -2.26. The third-order valence-electron chi connectivity index (χ3n) is 4.04. The fraction of sp³-hybridized carbons (Fsp3) is 0.400. The van der Waals surface area contributed by atoms with Gasteiger partial charge in [0.25, 0.3) is 11.5 Å². The molecular weight excluding hydrogens is 350 g/mol. The molecule has 7 nitrogen and oxygen atoms in total. The average Bonchev–Trinajstić information content (AvgIpc) is 3.17. The maximum Gasteiger partial charge on any atom is 0.264 e. The molecule has 1 N–H and O–H groups in total. The van der Waals surface area contributed by atoms with E-state index >= 15 is 0 Å². The first-order valence-electron chi connectivity index (χ1n) is 7.56. The van der Waals surface area contributed by atoms with Gasteiger partial charge in [0.2, 0.25) is 0 Å². The smallest absolute Gasteiger partial charge is 0.264 e. The normalized spacial score (nSPS) is 19.3. The van der Waals surface area contributed by atoms with Crippen molar-refractivity contribution in [3.05, 3.63) is 39.6 Å². The number of H-pyrrole nitrogens is 1. The second-order valence-electron chi connectivity index (χ2n) is 5.60.